The Morgan fingerprint density at radius 1 is 1.53 bits per heavy atom. The van der Waals surface area contributed by atoms with E-state index in [2.05, 4.69) is 26.2 Å². The number of rotatable bonds is 1. The lowest BCUT2D eigenvalue weighted by Gasteiger charge is -2.19. The molecule has 0 unspecified atom stereocenters. The Morgan fingerprint density at radius 2 is 2.32 bits per heavy atom. The molecule has 0 radical (unpaired) electrons. The maximum atomic E-state index is 11.3. The van der Waals surface area contributed by atoms with Gasteiger partial charge in [-0.25, -0.2) is 4.98 Å². The molecule has 5 nitrogen and oxygen atoms in total. The van der Waals surface area contributed by atoms with Crippen molar-refractivity contribution < 1.29 is 9.53 Å². The summed E-state index contributed by atoms with van der Waals surface area (Å²) in [6.45, 7) is 2.00. The number of nitrogens with zero attached hydrogens (tertiary/aromatic N) is 1. The molecule has 7 heteroatoms. The lowest BCUT2D eigenvalue weighted by Crippen LogP contribution is -2.25. The number of amides is 1. The van der Waals surface area contributed by atoms with Crippen LogP contribution >= 0.6 is 27.3 Å². The van der Waals surface area contributed by atoms with Crippen LogP contribution < -0.4 is 15.8 Å². The van der Waals surface area contributed by atoms with Crippen molar-refractivity contribution in [3.05, 3.63) is 21.5 Å². The lowest BCUT2D eigenvalue weighted by molar-refractivity contribution is -0.118. The highest BCUT2D eigenvalue weighted by Crippen LogP contribution is 2.40. The highest BCUT2D eigenvalue weighted by molar-refractivity contribution is 9.10. The fourth-order valence-corrected chi connectivity index (χ4v) is 3.18. The fourth-order valence-electron chi connectivity index (χ4n) is 1.95. The average Bonchev–Trinajstić information content (AvgIpc) is 2.67. The van der Waals surface area contributed by atoms with Gasteiger partial charge in [0, 0.05) is 14.9 Å². The van der Waals surface area contributed by atoms with Gasteiger partial charge in [-0.2, -0.15) is 0 Å². The summed E-state index contributed by atoms with van der Waals surface area (Å²) in [5, 5.41) is 3.30. The molecule has 1 aliphatic heterocycles. The largest absolute Gasteiger partial charge is 0.482 e. The molecule has 98 valence electrons. The van der Waals surface area contributed by atoms with Crippen molar-refractivity contribution in [2.75, 3.05) is 17.7 Å². The van der Waals surface area contributed by atoms with E-state index in [-0.39, 0.29) is 12.5 Å². The molecule has 2 aromatic rings. The predicted octanol–water partition coefficient (Wildman–Crippen LogP) is 2.79. The van der Waals surface area contributed by atoms with Crippen LogP contribution in [0.25, 0.3) is 11.3 Å². The summed E-state index contributed by atoms with van der Waals surface area (Å²) in [7, 11) is 0. The quantitative estimate of drug-likeness (QED) is 0.837. The van der Waals surface area contributed by atoms with Crippen molar-refractivity contribution in [3.8, 4) is 17.0 Å². The van der Waals surface area contributed by atoms with Gasteiger partial charge >= 0.3 is 0 Å². The van der Waals surface area contributed by atoms with E-state index >= 15 is 0 Å². The minimum Gasteiger partial charge on any atom is -0.482 e. The van der Waals surface area contributed by atoms with Crippen LogP contribution in [-0.2, 0) is 4.79 Å². The molecule has 3 N–H and O–H groups in total. The van der Waals surface area contributed by atoms with Gasteiger partial charge in [0.15, 0.2) is 11.7 Å². The van der Waals surface area contributed by atoms with Crippen molar-refractivity contribution in [2.24, 2.45) is 0 Å². The van der Waals surface area contributed by atoms with Gasteiger partial charge in [0.25, 0.3) is 5.91 Å². The number of halogens is 1. The number of fused-ring (bicyclic) bond motifs is 1. The number of nitrogen functional groups attached to an aromatic ring is 1. The number of anilines is 2. The number of carbonyl (C=O) groups is 1. The van der Waals surface area contributed by atoms with Crippen LogP contribution in [0.1, 0.15) is 4.88 Å². The molecule has 1 amide bonds. The first-order valence-corrected chi connectivity index (χ1v) is 7.15. The van der Waals surface area contributed by atoms with Gasteiger partial charge in [0.1, 0.15) is 5.75 Å². The Kier molecular flexibility index (Phi) is 2.94. The topological polar surface area (TPSA) is 77.2 Å². The number of hydrogen-bond acceptors (Lipinski definition) is 5. The van der Waals surface area contributed by atoms with Crippen molar-refractivity contribution in [1.29, 1.82) is 0 Å². The van der Waals surface area contributed by atoms with Crippen LogP contribution in [0.3, 0.4) is 0 Å². The molecule has 0 bridgehead atoms. The van der Waals surface area contributed by atoms with Gasteiger partial charge < -0.3 is 15.8 Å². The molecule has 3 rings (SSSR count). The molecule has 19 heavy (non-hydrogen) atoms. The summed E-state index contributed by atoms with van der Waals surface area (Å²) in [4.78, 5) is 16.6. The lowest BCUT2D eigenvalue weighted by atomic mass is 10.1. The zero-order valence-electron chi connectivity index (χ0n) is 9.99. The van der Waals surface area contributed by atoms with Crippen LogP contribution in [0.15, 0.2) is 16.6 Å². The van der Waals surface area contributed by atoms with E-state index in [0.29, 0.717) is 16.6 Å². The number of nitrogens with one attached hydrogen (secondary N) is 1. The number of nitrogens with two attached hydrogens (primary N) is 1. The van der Waals surface area contributed by atoms with Crippen molar-refractivity contribution >= 4 is 44.0 Å². The molecular formula is C12H10BrN3O2S. The van der Waals surface area contributed by atoms with Crippen LogP contribution in [0.2, 0.25) is 0 Å². The van der Waals surface area contributed by atoms with Crippen molar-refractivity contribution in [3.63, 3.8) is 0 Å². The van der Waals surface area contributed by atoms with Gasteiger partial charge in [0.2, 0.25) is 0 Å². The Hall–Kier alpha value is -1.60. The Bertz CT molecular complexity index is 684. The molecule has 0 atom stereocenters. The minimum atomic E-state index is -0.152. The van der Waals surface area contributed by atoms with E-state index < -0.39 is 0 Å². The van der Waals surface area contributed by atoms with Crippen molar-refractivity contribution in [1.82, 2.24) is 4.98 Å². The van der Waals surface area contributed by atoms with Crippen LogP contribution in [0.4, 0.5) is 10.8 Å². The molecule has 1 aliphatic rings. The average molecular weight is 340 g/mol. The van der Waals surface area contributed by atoms with E-state index in [0.717, 1.165) is 20.6 Å². The Labute approximate surface area is 121 Å². The summed E-state index contributed by atoms with van der Waals surface area (Å²) < 4.78 is 6.25. The highest BCUT2D eigenvalue weighted by Gasteiger charge is 2.20. The normalized spacial score (nSPS) is 13.7. The van der Waals surface area contributed by atoms with Crippen LogP contribution in [-0.4, -0.2) is 17.5 Å². The summed E-state index contributed by atoms with van der Waals surface area (Å²) in [5.41, 5.74) is 8.12. The van der Waals surface area contributed by atoms with Gasteiger partial charge in [0.05, 0.1) is 11.4 Å². The molecule has 0 saturated carbocycles. The highest BCUT2D eigenvalue weighted by atomic mass is 79.9. The Morgan fingerprint density at radius 3 is 3.00 bits per heavy atom. The SMILES string of the molecule is Cc1sc(N)nc1-c1cc2c(cc1Br)NC(=O)CO2. The van der Waals surface area contributed by atoms with Gasteiger partial charge in [-0.05, 0) is 19.1 Å². The fraction of sp³-hybridized carbons (Fsp3) is 0.167. The zero-order chi connectivity index (χ0) is 13.6. The smallest absolute Gasteiger partial charge is 0.262 e. The Balaban J connectivity index is 2.13. The monoisotopic (exact) mass is 339 g/mol. The third kappa shape index (κ3) is 2.19. The molecular weight excluding hydrogens is 330 g/mol. The maximum absolute atomic E-state index is 11.3. The summed E-state index contributed by atoms with van der Waals surface area (Å²) >= 11 is 4.94. The second kappa shape index (κ2) is 4.50. The van der Waals surface area contributed by atoms with Crippen LogP contribution in [0, 0.1) is 6.92 Å². The predicted molar refractivity (Wildman–Crippen MR) is 78.5 cm³/mol. The molecule has 1 aromatic carbocycles. The number of thiazole rings is 1. The van der Waals surface area contributed by atoms with E-state index in [1.165, 1.54) is 11.3 Å². The number of aryl methyl sites for hydroxylation is 1. The van der Waals surface area contributed by atoms with E-state index in [9.17, 15) is 4.79 Å². The number of hydrogen-bond donors (Lipinski definition) is 2. The van der Waals surface area contributed by atoms with Crippen molar-refractivity contribution in [2.45, 2.75) is 6.92 Å². The van der Waals surface area contributed by atoms with Gasteiger partial charge in [-0.15, -0.1) is 11.3 Å². The third-order valence-corrected chi connectivity index (χ3v) is 4.23. The molecule has 1 aromatic heterocycles. The van der Waals surface area contributed by atoms with E-state index in [1.54, 1.807) is 0 Å². The molecule has 0 spiro atoms. The summed E-state index contributed by atoms with van der Waals surface area (Å²) in [6, 6.07) is 3.68. The van der Waals surface area contributed by atoms with E-state index in [1.807, 2.05) is 19.1 Å². The second-order valence-corrected chi connectivity index (χ2v) is 6.21. The number of aromatic nitrogens is 1. The van der Waals surface area contributed by atoms with Crippen LogP contribution in [0.5, 0.6) is 5.75 Å². The van der Waals surface area contributed by atoms with E-state index in [4.69, 9.17) is 10.5 Å². The molecule has 0 aliphatic carbocycles. The second-order valence-electron chi connectivity index (χ2n) is 4.12. The first-order valence-electron chi connectivity index (χ1n) is 5.54. The summed E-state index contributed by atoms with van der Waals surface area (Å²) in [5.74, 6) is 0.491. The number of carbonyl (C=O) groups excluding carboxylic acids is 1. The summed E-state index contributed by atoms with van der Waals surface area (Å²) in [6.07, 6.45) is 0. The van der Waals surface area contributed by atoms with Gasteiger partial charge in [-0.1, -0.05) is 15.9 Å². The standard InChI is InChI=1S/C12H10BrN3O2S/c1-5-11(16-12(14)19-5)6-2-9-8(3-7(6)13)15-10(17)4-18-9/h2-3H,4H2,1H3,(H2,14,16)(H,15,17). The van der Waals surface area contributed by atoms with Gasteiger partial charge in [-0.3, -0.25) is 4.79 Å². The molecule has 0 fully saturated rings. The first kappa shape index (κ1) is 12.4. The molecule has 0 saturated heterocycles. The maximum Gasteiger partial charge on any atom is 0.262 e. The third-order valence-electron chi connectivity index (χ3n) is 2.77. The molecule has 2 heterocycles. The number of benzene rings is 1. The minimum absolute atomic E-state index is 0.0340. The first-order chi connectivity index (χ1) is 9.04. The number of ether oxygens (including phenoxy) is 1. The zero-order valence-corrected chi connectivity index (χ0v) is 12.4.